The van der Waals surface area contributed by atoms with E-state index in [4.69, 9.17) is 14.2 Å². The Morgan fingerprint density at radius 1 is 0.941 bits per heavy atom. The summed E-state index contributed by atoms with van der Waals surface area (Å²) in [5.74, 6) is -0.244. The monoisotopic (exact) mass is 467 g/mol. The molecule has 7 heteroatoms. The highest BCUT2D eigenvalue weighted by Gasteiger charge is 2.44. The van der Waals surface area contributed by atoms with Gasteiger partial charge in [0, 0.05) is 13.1 Å². The molecule has 0 spiro atoms. The average molecular weight is 468 g/mol. The molecule has 0 N–H and O–H groups in total. The molecule has 34 heavy (non-hydrogen) atoms. The van der Waals surface area contributed by atoms with Gasteiger partial charge < -0.3 is 19.1 Å². The van der Waals surface area contributed by atoms with E-state index in [9.17, 15) is 14.4 Å². The maximum absolute atomic E-state index is 13.0. The number of carbonyl (C=O) groups excluding carboxylic acids is 3. The third-order valence-electron chi connectivity index (χ3n) is 5.77. The summed E-state index contributed by atoms with van der Waals surface area (Å²) in [7, 11) is 0. The maximum atomic E-state index is 13.0. The van der Waals surface area contributed by atoms with Crippen LogP contribution in [0.1, 0.15) is 56.5 Å². The molecule has 0 aromatic heterocycles. The molecule has 1 fully saturated rings. The Morgan fingerprint density at radius 3 is 2.12 bits per heavy atom. The summed E-state index contributed by atoms with van der Waals surface area (Å²) in [6.45, 7) is 8.42. The molecule has 0 unspecified atom stereocenters. The molecule has 1 amide bonds. The second-order valence-corrected chi connectivity index (χ2v) is 9.54. The number of carbonyl (C=O) groups is 3. The molecule has 0 aliphatic carbocycles. The molecule has 1 saturated heterocycles. The number of hydrogen-bond acceptors (Lipinski definition) is 6. The molecule has 0 bridgehead atoms. The minimum atomic E-state index is -0.725. The summed E-state index contributed by atoms with van der Waals surface area (Å²) in [6, 6.07) is 16.0. The van der Waals surface area contributed by atoms with Crippen molar-refractivity contribution in [3.05, 3.63) is 65.7 Å². The highest BCUT2D eigenvalue weighted by molar-refractivity contribution is 5.90. The van der Waals surface area contributed by atoms with Crippen LogP contribution >= 0.6 is 0 Å². The van der Waals surface area contributed by atoms with E-state index in [1.54, 1.807) is 48.2 Å². The van der Waals surface area contributed by atoms with E-state index in [0.29, 0.717) is 50.3 Å². The number of nitrogens with zero attached hydrogens (tertiary/aromatic N) is 1. The number of ether oxygens (including phenoxy) is 3. The number of likely N-dealkylation sites (tertiary alicyclic amines) is 1. The zero-order chi connectivity index (χ0) is 24.8. The van der Waals surface area contributed by atoms with E-state index in [1.165, 1.54) is 0 Å². The van der Waals surface area contributed by atoms with Gasteiger partial charge in [-0.15, -0.1) is 0 Å². The average Bonchev–Trinajstić information content (AvgIpc) is 2.80. The highest BCUT2D eigenvalue weighted by Crippen LogP contribution is 2.37. The molecule has 182 valence electrons. The van der Waals surface area contributed by atoms with Gasteiger partial charge in [0.2, 0.25) is 0 Å². The Labute approximate surface area is 201 Å². The number of benzene rings is 2. The Kier molecular flexibility index (Phi) is 7.97. The molecular weight excluding hydrogens is 434 g/mol. The van der Waals surface area contributed by atoms with Gasteiger partial charge >= 0.3 is 18.0 Å². The number of piperidine rings is 1. The third kappa shape index (κ3) is 6.59. The zero-order valence-electron chi connectivity index (χ0n) is 20.3. The highest BCUT2D eigenvalue weighted by atomic mass is 16.6. The minimum absolute atomic E-state index is 0.251. The molecule has 7 nitrogen and oxygen atoms in total. The summed E-state index contributed by atoms with van der Waals surface area (Å²) in [6.07, 6.45) is 1.07. The number of esters is 2. The van der Waals surface area contributed by atoms with E-state index >= 15 is 0 Å². The predicted octanol–water partition coefficient (Wildman–Crippen LogP) is 5.03. The van der Waals surface area contributed by atoms with E-state index in [-0.39, 0.29) is 12.1 Å². The van der Waals surface area contributed by atoms with Gasteiger partial charge in [-0.25, -0.2) is 9.59 Å². The Balaban J connectivity index is 1.68. The quantitative estimate of drug-likeness (QED) is 0.438. The molecule has 1 heterocycles. The van der Waals surface area contributed by atoms with Crippen molar-refractivity contribution in [1.82, 2.24) is 4.90 Å². The largest absolute Gasteiger partial charge is 0.466 e. The number of amides is 1. The van der Waals surface area contributed by atoms with Gasteiger partial charge in [0.05, 0.1) is 17.6 Å². The molecule has 2 aromatic carbocycles. The first-order valence-corrected chi connectivity index (χ1v) is 11.6. The van der Waals surface area contributed by atoms with E-state index in [2.05, 4.69) is 0 Å². The van der Waals surface area contributed by atoms with Crippen molar-refractivity contribution < 1.29 is 28.6 Å². The fourth-order valence-electron chi connectivity index (χ4n) is 3.99. The van der Waals surface area contributed by atoms with E-state index in [1.807, 2.05) is 39.0 Å². The van der Waals surface area contributed by atoms with Gasteiger partial charge in [0.15, 0.2) is 0 Å². The number of rotatable bonds is 6. The molecule has 3 rings (SSSR count). The molecule has 0 radical (unpaired) electrons. The van der Waals surface area contributed by atoms with Crippen molar-refractivity contribution in [2.75, 3.05) is 19.7 Å². The Hall–Kier alpha value is -3.35. The second-order valence-electron chi connectivity index (χ2n) is 9.54. The van der Waals surface area contributed by atoms with Crippen LogP contribution in [0.2, 0.25) is 0 Å². The first-order valence-electron chi connectivity index (χ1n) is 11.6. The van der Waals surface area contributed by atoms with Gasteiger partial charge in [-0.2, -0.15) is 0 Å². The molecule has 1 aliphatic rings. The van der Waals surface area contributed by atoms with Crippen LogP contribution in [0.4, 0.5) is 4.79 Å². The smallest absolute Gasteiger partial charge is 0.410 e. The summed E-state index contributed by atoms with van der Waals surface area (Å²) >= 11 is 0. The molecule has 0 atom stereocenters. The standard InChI is InChI=1S/C27H33NO6/c1-5-32-24(30)27(15-17-28(18-16-27)25(31)34-26(2,3)4)19-20-11-13-22(14-12-20)33-23(29)21-9-7-6-8-10-21/h6-14H,5,15-19H2,1-4H3. The summed E-state index contributed by atoms with van der Waals surface area (Å²) in [4.78, 5) is 39.3. The summed E-state index contributed by atoms with van der Waals surface area (Å²) in [5.41, 5.74) is 0.109. The lowest BCUT2D eigenvalue weighted by molar-refractivity contribution is -0.158. The van der Waals surface area contributed by atoms with Crippen LogP contribution in [-0.2, 0) is 20.7 Å². The van der Waals surface area contributed by atoms with Crippen molar-refractivity contribution in [1.29, 1.82) is 0 Å². The van der Waals surface area contributed by atoms with Crippen molar-refractivity contribution in [2.45, 2.75) is 52.6 Å². The van der Waals surface area contributed by atoms with Gasteiger partial charge in [-0.05, 0) is 76.8 Å². The normalized spacial score (nSPS) is 15.4. The van der Waals surface area contributed by atoms with Crippen LogP contribution < -0.4 is 4.74 Å². The molecule has 1 aliphatic heterocycles. The van der Waals surface area contributed by atoms with E-state index < -0.39 is 17.0 Å². The minimum Gasteiger partial charge on any atom is -0.466 e. The lowest BCUT2D eigenvalue weighted by Gasteiger charge is -2.40. The fraction of sp³-hybridized carbons (Fsp3) is 0.444. The molecule has 0 saturated carbocycles. The van der Waals surface area contributed by atoms with Crippen LogP contribution in [0.15, 0.2) is 54.6 Å². The summed E-state index contributed by atoms with van der Waals surface area (Å²) in [5, 5.41) is 0. The van der Waals surface area contributed by atoms with Crippen LogP contribution in [0.25, 0.3) is 0 Å². The predicted molar refractivity (Wildman–Crippen MR) is 128 cm³/mol. The Bertz CT molecular complexity index is 986. The van der Waals surface area contributed by atoms with Crippen LogP contribution in [-0.4, -0.2) is 48.2 Å². The zero-order valence-corrected chi connectivity index (χ0v) is 20.3. The van der Waals surface area contributed by atoms with E-state index in [0.717, 1.165) is 5.56 Å². The van der Waals surface area contributed by atoms with Gasteiger partial charge in [-0.3, -0.25) is 4.79 Å². The van der Waals surface area contributed by atoms with Crippen LogP contribution in [0.5, 0.6) is 5.75 Å². The molecule has 2 aromatic rings. The van der Waals surface area contributed by atoms with Gasteiger partial charge in [0.25, 0.3) is 0 Å². The van der Waals surface area contributed by atoms with Crippen molar-refractivity contribution in [3.8, 4) is 5.75 Å². The SMILES string of the molecule is CCOC(=O)C1(Cc2ccc(OC(=O)c3ccccc3)cc2)CCN(C(=O)OC(C)(C)C)CC1. The maximum Gasteiger partial charge on any atom is 0.410 e. The second kappa shape index (κ2) is 10.7. The van der Waals surface area contributed by atoms with Crippen molar-refractivity contribution in [2.24, 2.45) is 5.41 Å². The Morgan fingerprint density at radius 2 is 1.56 bits per heavy atom. The van der Waals surface area contributed by atoms with Crippen molar-refractivity contribution in [3.63, 3.8) is 0 Å². The van der Waals surface area contributed by atoms with Crippen molar-refractivity contribution >= 4 is 18.0 Å². The molecular formula is C27H33NO6. The van der Waals surface area contributed by atoms with Crippen LogP contribution in [0.3, 0.4) is 0 Å². The topological polar surface area (TPSA) is 82.1 Å². The summed E-state index contributed by atoms with van der Waals surface area (Å²) < 4.78 is 16.3. The lowest BCUT2D eigenvalue weighted by atomic mass is 9.73. The number of hydrogen-bond donors (Lipinski definition) is 0. The lowest BCUT2D eigenvalue weighted by Crippen LogP contribution is -2.49. The third-order valence-corrected chi connectivity index (χ3v) is 5.77. The van der Waals surface area contributed by atoms with Gasteiger partial charge in [0.1, 0.15) is 11.4 Å². The first kappa shape index (κ1) is 25.3. The fourth-order valence-corrected chi connectivity index (χ4v) is 3.99. The van der Waals surface area contributed by atoms with Crippen LogP contribution in [0, 0.1) is 5.41 Å². The first-order chi connectivity index (χ1) is 16.1. The van der Waals surface area contributed by atoms with Gasteiger partial charge in [-0.1, -0.05) is 30.3 Å².